The van der Waals surface area contributed by atoms with Gasteiger partial charge < -0.3 is 26.4 Å². The Morgan fingerprint density at radius 1 is 0.740 bits per heavy atom. The summed E-state index contributed by atoms with van der Waals surface area (Å²) in [6.07, 6.45) is 4.66. The lowest BCUT2D eigenvalue weighted by Gasteiger charge is -2.38. The first kappa shape index (κ1) is 43.2. The summed E-state index contributed by atoms with van der Waals surface area (Å²) >= 11 is 0. The third kappa shape index (κ3) is 11.3. The molecule has 0 radical (unpaired) electrons. The van der Waals surface area contributed by atoms with Crippen molar-refractivity contribution >= 4 is 35.4 Å². The smallest absolute Gasteiger partial charge is 0.315 e. The number of ketones is 2. The van der Waals surface area contributed by atoms with Gasteiger partial charge in [-0.1, -0.05) is 102 Å². The Hall–Kier alpha value is -2.98. The van der Waals surface area contributed by atoms with Gasteiger partial charge in [-0.15, -0.1) is 0 Å². The Bertz CT molecular complexity index is 1230. The number of urea groups is 1. The average molecular weight is 705 g/mol. The van der Waals surface area contributed by atoms with Crippen molar-refractivity contribution in [2.24, 2.45) is 39.4 Å². The lowest BCUT2D eigenvalue weighted by atomic mass is 9.76. The van der Waals surface area contributed by atoms with Crippen molar-refractivity contribution in [1.29, 1.82) is 0 Å². The van der Waals surface area contributed by atoms with E-state index in [0.717, 1.165) is 19.3 Å². The fourth-order valence-corrected chi connectivity index (χ4v) is 7.75. The van der Waals surface area contributed by atoms with E-state index in [9.17, 15) is 33.9 Å². The molecule has 1 unspecified atom stereocenters. The monoisotopic (exact) mass is 705 g/mol. The minimum absolute atomic E-state index is 0.0341. The number of carboxylic acids is 1. The molecule has 0 heterocycles. The van der Waals surface area contributed by atoms with Gasteiger partial charge in [0.05, 0.1) is 17.4 Å². The molecule has 0 bridgehead atoms. The Labute approximate surface area is 301 Å². The topological polar surface area (TPSA) is 171 Å². The van der Waals surface area contributed by atoms with Crippen LogP contribution in [-0.4, -0.2) is 64.7 Å². The summed E-state index contributed by atoms with van der Waals surface area (Å²) in [5.41, 5.74) is -3.40. The van der Waals surface area contributed by atoms with Gasteiger partial charge in [0.15, 0.2) is 5.78 Å². The van der Waals surface area contributed by atoms with Gasteiger partial charge >= 0.3 is 12.0 Å². The summed E-state index contributed by atoms with van der Waals surface area (Å²) in [5, 5.41) is 22.2. The van der Waals surface area contributed by atoms with Crippen molar-refractivity contribution in [3.63, 3.8) is 0 Å². The fourth-order valence-electron chi connectivity index (χ4n) is 7.75. The van der Waals surface area contributed by atoms with Crippen LogP contribution in [0.4, 0.5) is 4.79 Å². The first-order valence-electron chi connectivity index (χ1n) is 18.8. The molecule has 2 fully saturated rings. The van der Waals surface area contributed by atoms with E-state index in [4.69, 9.17) is 0 Å². The van der Waals surface area contributed by atoms with E-state index in [0.29, 0.717) is 31.1 Å². The van der Waals surface area contributed by atoms with E-state index < -0.39 is 63.8 Å². The SMILES string of the molecule is CC[C@@H](NC(=O)[C@@H](NC(=O)[C@H](CC(=O)[C@@H](NC(=O)NC1[C@H](C)CCC[C@@H]1C)C(C)(C)C)CC(=O)C(C)(C)C)C1(C(=O)O)CCCC1)C(C)(C)C. The molecule has 11 heteroatoms. The molecule has 0 aromatic heterocycles. The number of Topliss-reactive ketones (excluding diaryl/α,β-unsaturated/α-hetero) is 2. The van der Waals surface area contributed by atoms with Crippen LogP contribution in [0.15, 0.2) is 0 Å². The number of amides is 4. The van der Waals surface area contributed by atoms with Crippen molar-refractivity contribution in [2.45, 2.75) is 171 Å². The second-order valence-electron chi connectivity index (χ2n) is 18.5. The summed E-state index contributed by atoms with van der Waals surface area (Å²) in [6, 6.07) is -3.16. The van der Waals surface area contributed by atoms with Crippen LogP contribution in [0.3, 0.4) is 0 Å². The number of carbonyl (C=O) groups is 6. The first-order chi connectivity index (χ1) is 22.8. The van der Waals surface area contributed by atoms with Gasteiger partial charge in [0.25, 0.3) is 0 Å². The van der Waals surface area contributed by atoms with Crippen LogP contribution in [-0.2, 0) is 24.0 Å². The van der Waals surface area contributed by atoms with Crippen LogP contribution >= 0.6 is 0 Å². The third-order valence-corrected chi connectivity index (χ3v) is 11.2. The van der Waals surface area contributed by atoms with Crippen LogP contribution in [0.5, 0.6) is 0 Å². The molecular weight excluding hydrogens is 636 g/mol. The highest BCUT2D eigenvalue weighted by atomic mass is 16.4. The lowest BCUT2D eigenvalue weighted by Crippen LogP contribution is -2.61. The molecule has 50 heavy (non-hydrogen) atoms. The van der Waals surface area contributed by atoms with Gasteiger partial charge in [-0.3, -0.25) is 24.0 Å². The molecule has 0 aromatic carbocycles. The molecule has 2 aliphatic carbocycles. The number of nitrogens with one attached hydrogen (secondary N) is 4. The van der Waals surface area contributed by atoms with Crippen molar-refractivity contribution in [3.8, 4) is 0 Å². The lowest BCUT2D eigenvalue weighted by molar-refractivity contribution is -0.155. The van der Waals surface area contributed by atoms with E-state index in [1.165, 1.54) is 0 Å². The molecular formula is C39H68N4O7. The van der Waals surface area contributed by atoms with Gasteiger partial charge in [-0.05, 0) is 54.8 Å². The second kappa shape index (κ2) is 17.0. The summed E-state index contributed by atoms with van der Waals surface area (Å²) < 4.78 is 0. The van der Waals surface area contributed by atoms with E-state index in [2.05, 4.69) is 35.1 Å². The maximum absolute atomic E-state index is 14.3. The van der Waals surface area contributed by atoms with Crippen LogP contribution in [0.1, 0.15) is 147 Å². The quantitative estimate of drug-likeness (QED) is 0.144. The number of carbonyl (C=O) groups excluding carboxylic acids is 5. The molecule has 0 aromatic rings. The van der Waals surface area contributed by atoms with Gasteiger partial charge in [0.1, 0.15) is 11.8 Å². The Morgan fingerprint density at radius 2 is 1.28 bits per heavy atom. The molecule has 0 saturated heterocycles. The zero-order chi connectivity index (χ0) is 38.4. The predicted octanol–water partition coefficient (Wildman–Crippen LogP) is 6.18. The largest absolute Gasteiger partial charge is 0.481 e. The minimum atomic E-state index is -1.53. The van der Waals surface area contributed by atoms with Gasteiger partial charge in [-0.2, -0.15) is 0 Å². The van der Waals surface area contributed by atoms with Crippen molar-refractivity contribution in [1.82, 2.24) is 21.3 Å². The van der Waals surface area contributed by atoms with E-state index in [1.54, 1.807) is 20.8 Å². The summed E-state index contributed by atoms with van der Waals surface area (Å²) in [6.45, 7) is 22.8. The number of carboxylic acid groups (broad SMARTS) is 1. The molecule has 0 spiro atoms. The average Bonchev–Trinajstić information content (AvgIpc) is 3.48. The zero-order valence-electron chi connectivity index (χ0n) is 33.0. The predicted molar refractivity (Wildman–Crippen MR) is 195 cm³/mol. The van der Waals surface area contributed by atoms with E-state index in [1.807, 2.05) is 48.5 Å². The van der Waals surface area contributed by atoms with Gasteiger partial charge in [-0.25, -0.2) is 4.79 Å². The van der Waals surface area contributed by atoms with Crippen molar-refractivity contribution in [2.75, 3.05) is 0 Å². The minimum Gasteiger partial charge on any atom is -0.481 e. The zero-order valence-corrected chi connectivity index (χ0v) is 33.0. The summed E-state index contributed by atoms with van der Waals surface area (Å²) in [7, 11) is 0. The van der Waals surface area contributed by atoms with Crippen LogP contribution in [0.25, 0.3) is 0 Å². The Morgan fingerprint density at radius 3 is 1.72 bits per heavy atom. The maximum atomic E-state index is 14.3. The Balaban J connectivity index is 2.46. The molecule has 4 amide bonds. The van der Waals surface area contributed by atoms with E-state index >= 15 is 0 Å². The molecule has 11 nitrogen and oxygen atoms in total. The highest BCUT2D eigenvalue weighted by molar-refractivity contribution is 5.98. The Kier molecular flexibility index (Phi) is 14.7. The van der Waals surface area contributed by atoms with Gasteiger partial charge in [0.2, 0.25) is 11.8 Å². The van der Waals surface area contributed by atoms with Crippen LogP contribution in [0.2, 0.25) is 0 Å². The molecule has 2 saturated carbocycles. The van der Waals surface area contributed by atoms with Crippen molar-refractivity contribution in [3.05, 3.63) is 0 Å². The molecule has 7 atom stereocenters. The number of hydrogen-bond acceptors (Lipinski definition) is 6. The fraction of sp³-hybridized carbons (Fsp3) is 0.846. The van der Waals surface area contributed by atoms with Crippen LogP contribution < -0.4 is 21.3 Å². The maximum Gasteiger partial charge on any atom is 0.315 e. The number of rotatable bonds is 14. The summed E-state index contributed by atoms with van der Waals surface area (Å²) in [5.74, 6) is -3.76. The molecule has 0 aliphatic heterocycles. The normalized spacial score (nSPS) is 23.5. The molecule has 286 valence electrons. The highest BCUT2D eigenvalue weighted by Crippen LogP contribution is 2.42. The first-order valence-corrected chi connectivity index (χ1v) is 18.8. The van der Waals surface area contributed by atoms with Crippen molar-refractivity contribution < 1.29 is 33.9 Å². The van der Waals surface area contributed by atoms with Gasteiger partial charge in [0, 0.05) is 30.3 Å². The molecule has 5 N–H and O–H groups in total. The van der Waals surface area contributed by atoms with Crippen LogP contribution in [0, 0.1) is 39.4 Å². The standard InChI is InChI=1S/C39H68N4O7/c1-13-27(36(4,5)6)40-33(47)31(39(34(48)49)19-14-15-20-39)42-32(46)25(22-28(45)37(7,8)9)21-26(44)30(38(10,11)12)43-35(50)41-29-23(2)17-16-18-24(29)3/h23-25,27,29-31H,13-22H2,1-12H3,(H,40,47)(H,42,46)(H,48,49)(H2,41,43,50)/t23-,24+,25-,27-,29?,30-,31-/m1/s1. The van der Waals surface area contributed by atoms with E-state index in [-0.39, 0.29) is 49.0 Å². The molecule has 2 rings (SSSR count). The number of hydrogen-bond donors (Lipinski definition) is 5. The third-order valence-electron chi connectivity index (χ3n) is 11.2. The molecule has 2 aliphatic rings. The number of aliphatic carboxylic acids is 1. The second-order valence-corrected chi connectivity index (χ2v) is 18.5. The highest BCUT2D eigenvalue weighted by Gasteiger charge is 2.53. The summed E-state index contributed by atoms with van der Waals surface area (Å²) in [4.78, 5) is 82.0.